The number of hydrogen-bond acceptors (Lipinski definition) is 5. The van der Waals surface area contributed by atoms with Crippen molar-refractivity contribution in [1.82, 2.24) is 0 Å². The molecule has 132 valence electrons. The number of fused-ring (bicyclic) bond motifs is 1. The fourth-order valence-electron chi connectivity index (χ4n) is 3.22. The Balaban J connectivity index is 1.63. The van der Waals surface area contributed by atoms with E-state index in [4.69, 9.17) is 14.2 Å². The Labute approximate surface area is 151 Å². The molecule has 0 saturated carbocycles. The van der Waals surface area contributed by atoms with Gasteiger partial charge in [0.25, 0.3) is 0 Å². The van der Waals surface area contributed by atoms with E-state index in [0.29, 0.717) is 38.7 Å². The third kappa shape index (κ3) is 3.65. The van der Waals surface area contributed by atoms with Crippen LogP contribution in [0.2, 0.25) is 0 Å². The zero-order chi connectivity index (χ0) is 17.1. The minimum atomic E-state index is 0.0157. The maximum atomic E-state index is 13.2. The predicted molar refractivity (Wildman–Crippen MR) is 96.5 cm³/mol. The second kappa shape index (κ2) is 7.45. The molecule has 1 aromatic carbocycles. The number of carbonyl (C=O) groups excluding carboxylic acids is 1. The SMILES string of the molecule is O=C(C1CCOCC1)N(Cc1cccs1)c1ccc2c(c1)OCCO2. The lowest BCUT2D eigenvalue weighted by Crippen LogP contribution is -2.38. The molecule has 2 aliphatic heterocycles. The third-order valence-electron chi connectivity index (χ3n) is 4.57. The molecule has 2 aromatic rings. The molecule has 1 amide bonds. The molecule has 1 fully saturated rings. The van der Waals surface area contributed by atoms with Gasteiger partial charge in [0.2, 0.25) is 5.91 Å². The van der Waals surface area contributed by atoms with Crippen LogP contribution >= 0.6 is 11.3 Å². The second-order valence-electron chi connectivity index (χ2n) is 6.22. The quantitative estimate of drug-likeness (QED) is 0.839. The van der Waals surface area contributed by atoms with E-state index in [2.05, 4.69) is 6.07 Å². The highest BCUT2D eigenvalue weighted by Gasteiger charge is 2.28. The molecular weight excluding hydrogens is 338 g/mol. The van der Waals surface area contributed by atoms with Gasteiger partial charge in [0.05, 0.1) is 6.54 Å². The van der Waals surface area contributed by atoms with Gasteiger partial charge in [-0.2, -0.15) is 0 Å². The van der Waals surface area contributed by atoms with Crippen molar-refractivity contribution in [2.75, 3.05) is 31.3 Å². The van der Waals surface area contributed by atoms with Gasteiger partial charge in [-0.1, -0.05) is 6.07 Å². The number of thiophene rings is 1. The number of rotatable bonds is 4. The first kappa shape index (κ1) is 16.4. The molecule has 0 spiro atoms. The average Bonchev–Trinajstić information content (AvgIpc) is 3.19. The molecule has 3 heterocycles. The van der Waals surface area contributed by atoms with Crippen molar-refractivity contribution < 1.29 is 19.0 Å². The van der Waals surface area contributed by atoms with Crippen molar-refractivity contribution in [3.63, 3.8) is 0 Å². The summed E-state index contributed by atoms with van der Waals surface area (Å²) in [5.41, 5.74) is 0.856. The monoisotopic (exact) mass is 359 g/mol. The zero-order valence-corrected chi connectivity index (χ0v) is 14.8. The molecule has 1 aromatic heterocycles. The van der Waals surface area contributed by atoms with Crippen LogP contribution in [-0.2, 0) is 16.1 Å². The molecule has 0 aliphatic carbocycles. The lowest BCUT2D eigenvalue weighted by atomic mass is 9.98. The molecule has 5 nitrogen and oxygen atoms in total. The van der Waals surface area contributed by atoms with Crippen LogP contribution in [0, 0.1) is 5.92 Å². The lowest BCUT2D eigenvalue weighted by molar-refractivity contribution is -0.125. The lowest BCUT2D eigenvalue weighted by Gasteiger charge is -2.30. The van der Waals surface area contributed by atoms with Gasteiger partial charge in [0.15, 0.2) is 11.5 Å². The van der Waals surface area contributed by atoms with Crippen molar-refractivity contribution in [3.05, 3.63) is 40.6 Å². The summed E-state index contributed by atoms with van der Waals surface area (Å²) in [5, 5.41) is 2.04. The summed E-state index contributed by atoms with van der Waals surface area (Å²) < 4.78 is 16.7. The van der Waals surface area contributed by atoms with Crippen LogP contribution in [0.1, 0.15) is 17.7 Å². The van der Waals surface area contributed by atoms with E-state index < -0.39 is 0 Å². The highest BCUT2D eigenvalue weighted by molar-refractivity contribution is 7.09. The number of nitrogens with zero attached hydrogens (tertiary/aromatic N) is 1. The number of ether oxygens (including phenoxy) is 3. The van der Waals surface area contributed by atoms with Crippen LogP contribution in [-0.4, -0.2) is 32.3 Å². The largest absolute Gasteiger partial charge is 0.486 e. The van der Waals surface area contributed by atoms with Crippen molar-refractivity contribution in [1.29, 1.82) is 0 Å². The van der Waals surface area contributed by atoms with Gasteiger partial charge in [0.1, 0.15) is 13.2 Å². The summed E-state index contributed by atoms with van der Waals surface area (Å²) in [5.74, 6) is 1.62. The Hall–Kier alpha value is -2.05. The Kier molecular flexibility index (Phi) is 4.90. The number of benzene rings is 1. The van der Waals surface area contributed by atoms with Gasteiger partial charge in [-0.3, -0.25) is 4.79 Å². The zero-order valence-electron chi connectivity index (χ0n) is 14.0. The van der Waals surface area contributed by atoms with Gasteiger partial charge >= 0.3 is 0 Å². The maximum Gasteiger partial charge on any atom is 0.230 e. The van der Waals surface area contributed by atoms with Crippen molar-refractivity contribution in [3.8, 4) is 11.5 Å². The normalized spacial score (nSPS) is 17.3. The summed E-state index contributed by atoms with van der Waals surface area (Å²) in [6, 6.07) is 9.83. The molecule has 0 bridgehead atoms. The molecule has 0 N–H and O–H groups in total. The summed E-state index contributed by atoms with van der Waals surface area (Å²) in [6.45, 7) is 2.99. The van der Waals surface area contributed by atoms with E-state index in [1.54, 1.807) is 11.3 Å². The van der Waals surface area contributed by atoms with E-state index in [9.17, 15) is 4.79 Å². The Morgan fingerprint density at radius 1 is 1.08 bits per heavy atom. The number of carbonyl (C=O) groups is 1. The number of hydrogen-bond donors (Lipinski definition) is 0. The van der Waals surface area contributed by atoms with E-state index in [0.717, 1.165) is 29.2 Å². The van der Waals surface area contributed by atoms with Crippen LogP contribution in [0.3, 0.4) is 0 Å². The molecule has 25 heavy (non-hydrogen) atoms. The first-order valence-corrected chi connectivity index (χ1v) is 9.50. The molecule has 2 aliphatic rings. The van der Waals surface area contributed by atoms with Crippen molar-refractivity contribution >= 4 is 22.9 Å². The first-order chi connectivity index (χ1) is 12.3. The van der Waals surface area contributed by atoms with Crippen molar-refractivity contribution in [2.24, 2.45) is 5.92 Å². The molecular formula is C19H21NO4S. The summed E-state index contributed by atoms with van der Waals surface area (Å²) in [4.78, 5) is 16.2. The van der Waals surface area contributed by atoms with Crippen molar-refractivity contribution in [2.45, 2.75) is 19.4 Å². The Bertz CT molecular complexity index is 725. The minimum Gasteiger partial charge on any atom is -0.486 e. The molecule has 0 atom stereocenters. The fraction of sp³-hybridized carbons (Fsp3) is 0.421. The second-order valence-corrected chi connectivity index (χ2v) is 7.25. The maximum absolute atomic E-state index is 13.2. The highest BCUT2D eigenvalue weighted by Crippen LogP contribution is 2.35. The standard InChI is InChI=1S/C19H21NO4S/c21-19(14-5-7-22-8-6-14)20(13-16-2-1-11-25-16)15-3-4-17-18(12-15)24-10-9-23-17/h1-4,11-12,14H,5-10,13H2. The topological polar surface area (TPSA) is 48.0 Å². The minimum absolute atomic E-state index is 0.0157. The van der Waals surface area contributed by atoms with Gasteiger partial charge in [-0.15, -0.1) is 11.3 Å². The third-order valence-corrected chi connectivity index (χ3v) is 5.43. The Morgan fingerprint density at radius 3 is 2.64 bits per heavy atom. The average molecular weight is 359 g/mol. The van der Waals surface area contributed by atoms with Gasteiger partial charge in [0, 0.05) is 35.8 Å². The molecule has 4 rings (SSSR count). The number of amides is 1. The van der Waals surface area contributed by atoms with E-state index >= 15 is 0 Å². The number of anilines is 1. The predicted octanol–water partition coefficient (Wildman–Crippen LogP) is 3.48. The van der Waals surface area contributed by atoms with Crippen LogP contribution in [0.25, 0.3) is 0 Å². The van der Waals surface area contributed by atoms with Crippen LogP contribution in [0.15, 0.2) is 35.7 Å². The van der Waals surface area contributed by atoms with Gasteiger partial charge in [-0.25, -0.2) is 0 Å². The van der Waals surface area contributed by atoms with E-state index in [1.807, 2.05) is 34.5 Å². The van der Waals surface area contributed by atoms with E-state index in [-0.39, 0.29) is 11.8 Å². The fourth-order valence-corrected chi connectivity index (χ4v) is 3.91. The van der Waals surface area contributed by atoms with Crippen LogP contribution in [0.5, 0.6) is 11.5 Å². The molecule has 1 saturated heterocycles. The summed E-state index contributed by atoms with van der Waals surface area (Å²) in [7, 11) is 0. The van der Waals surface area contributed by atoms with Crippen LogP contribution < -0.4 is 14.4 Å². The van der Waals surface area contributed by atoms with Crippen LogP contribution in [0.4, 0.5) is 5.69 Å². The smallest absolute Gasteiger partial charge is 0.230 e. The molecule has 0 radical (unpaired) electrons. The summed E-state index contributed by atoms with van der Waals surface area (Å²) >= 11 is 1.66. The Morgan fingerprint density at radius 2 is 1.88 bits per heavy atom. The summed E-state index contributed by atoms with van der Waals surface area (Å²) in [6.07, 6.45) is 1.56. The van der Waals surface area contributed by atoms with Gasteiger partial charge < -0.3 is 19.1 Å². The van der Waals surface area contributed by atoms with E-state index in [1.165, 1.54) is 0 Å². The molecule has 0 unspecified atom stereocenters. The highest BCUT2D eigenvalue weighted by atomic mass is 32.1. The van der Waals surface area contributed by atoms with Gasteiger partial charge in [-0.05, 0) is 36.4 Å². The first-order valence-electron chi connectivity index (χ1n) is 8.62. The molecule has 6 heteroatoms.